The molecule has 0 saturated heterocycles. The van der Waals surface area contributed by atoms with Crippen molar-refractivity contribution >= 4 is 23.2 Å². The van der Waals surface area contributed by atoms with E-state index >= 15 is 0 Å². The minimum atomic E-state index is -0.924. The first kappa shape index (κ1) is 11.2. The third-order valence-corrected chi connectivity index (χ3v) is 3.42. The van der Waals surface area contributed by atoms with Crippen LogP contribution in [0.2, 0.25) is 0 Å². The smallest absolute Gasteiger partial charge is 0.125 e. The van der Waals surface area contributed by atoms with Gasteiger partial charge in [-0.25, -0.2) is 0 Å². The van der Waals surface area contributed by atoms with Crippen LogP contribution >= 0.6 is 23.2 Å². The highest BCUT2D eigenvalue weighted by Crippen LogP contribution is 2.65. The normalized spacial score (nSPS) is 30.6. The molecule has 1 atom stereocenters. The molecule has 0 aromatic rings. The Bertz CT molecular complexity index is 267. The largest absolute Gasteiger partial charge is 0.378 e. The van der Waals surface area contributed by atoms with Crippen molar-refractivity contribution in [3.63, 3.8) is 0 Å². The van der Waals surface area contributed by atoms with E-state index in [0.717, 1.165) is 6.42 Å². The Morgan fingerprint density at radius 1 is 1.46 bits per heavy atom. The number of hydrogen-bond donors (Lipinski definition) is 1. The first-order valence-corrected chi connectivity index (χ1v) is 5.02. The van der Waals surface area contributed by atoms with E-state index in [-0.39, 0.29) is 5.41 Å². The highest BCUT2D eigenvalue weighted by molar-refractivity contribution is 6.51. The van der Waals surface area contributed by atoms with Crippen molar-refractivity contribution in [2.45, 2.75) is 43.5 Å². The molecule has 1 fully saturated rings. The number of hydrogen-bond acceptors (Lipinski definition) is 1. The summed E-state index contributed by atoms with van der Waals surface area (Å²) < 4.78 is -0.610. The molecule has 1 N–H and O–H groups in total. The summed E-state index contributed by atoms with van der Waals surface area (Å²) in [6.07, 6.45) is 1.42. The van der Waals surface area contributed by atoms with E-state index in [4.69, 9.17) is 23.2 Å². The predicted octanol–water partition coefficient (Wildman–Crippen LogP) is 2.73. The molecular formula is C10H14Cl2O. The van der Waals surface area contributed by atoms with Crippen LogP contribution in [-0.4, -0.2) is 15.0 Å². The van der Waals surface area contributed by atoms with E-state index in [1.807, 2.05) is 6.92 Å². The molecule has 1 saturated carbocycles. The van der Waals surface area contributed by atoms with Gasteiger partial charge in [-0.1, -0.05) is 18.8 Å². The van der Waals surface area contributed by atoms with Gasteiger partial charge in [0.1, 0.15) is 9.93 Å². The van der Waals surface area contributed by atoms with Gasteiger partial charge in [-0.2, -0.15) is 0 Å². The fourth-order valence-electron chi connectivity index (χ4n) is 1.09. The molecule has 13 heavy (non-hydrogen) atoms. The number of alkyl halides is 2. The van der Waals surface area contributed by atoms with Crippen molar-refractivity contribution < 1.29 is 5.11 Å². The van der Waals surface area contributed by atoms with Gasteiger partial charge in [0.05, 0.1) is 0 Å². The zero-order valence-electron chi connectivity index (χ0n) is 8.12. The van der Waals surface area contributed by atoms with Gasteiger partial charge in [0.25, 0.3) is 0 Å². The highest BCUT2D eigenvalue weighted by atomic mass is 35.5. The molecule has 0 spiro atoms. The molecule has 0 aromatic carbocycles. The Morgan fingerprint density at radius 2 is 1.92 bits per heavy atom. The van der Waals surface area contributed by atoms with Crippen LogP contribution < -0.4 is 0 Å². The molecule has 0 radical (unpaired) electrons. The van der Waals surface area contributed by atoms with Gasteiger partial charge in [-0.3, -0.25) is 0 Å². The summed E-state index contributed by atoms with van der Waals surface area (Å²) in [5, 5.41) is 9.33. The molecule has 74 valence electrons. The minimum Gasteiger partial charge on any atom is -0.378 e. The third kappa shape index (κ3) is 2.77. The van der Waals surface area contributed by atoms with E-state index in [0.29, 0.717) is 6.42 Å². The monoisotopic (exact) mass is 220 g/mol. The van der Waals surface area contributed by atoms with Gasteiger partial charge >= 0.3 is 0 Å². The van der Waals surface area contributed by atoms with Crippen LogP contribution in [0, 0.1) is 17.3 Å². The van der Waals surface area contributed by atoms with Gasteiger partial charge in [-0.05, 0) is 20.3 Å². The Balaban J connectivity index is 2.49. The van der Waals surface area contributed by atoms with Gasteiger partial charge in [0.15, 0.2) is 0 Å². The fraction of sp³-hybridized carbons (Fsp3) is 0.800. The van der Waals surface area contributed by atoms with Crippen LogP contribution in [0.1, 0.15) is 33.6 Å². The lowest BCUT2D eigenvalue weighted by Gasteiger charge is -2.08. The Labute approximate surface area is 89.4 Å². The second-order valence-electron chi connectivity index (χ2n) is 4.48. The van der Waals surface area contributed by atoms with Crippen LogP contribution in [0.4, 0.5) is 0 Å². The number of halogens is 2. The van der Waals surface area contributed by atoms with E-state index in [9.17, 15) is 5.11 Å². The fourth-order valence-corrected chi connectivity index (χ4v) is 1.82. The van der Waals surface area contributed by atoms with Gasteiger partial charge in [0.2, 0.25) is 0 Å². The Kier molecular flexibility index (Phi) is 2.62. The maximum atomic E-state index is 9.33. The topological polar surface area (TPSA) is 20.2 Å². The molecule has 0 aromatic heterocycles. The maximum absolute atomic E-state index is 9.33. The lowest BCUT2D eigenvalue weighted by atomic mass is 10.0. The summed E-state index contributed by atoms with van der Waals surface area (Å²) in [6.45, 7) is 5.32. The van der Waals surface area contributed by atoms with Gasteiger partial charge in [0, 0.05) is 11.8 Å². The number of aliphatic hydroxyl groups is 1. The molecule has 0 heterocycles. The Morgan fingerprint density at radius 3 is 2.23 bits per heavy atom. The van der Waals surface area contributed by atoms with Crippen molar-refractivity contribution in [1.82, 2.24) is 0 Å². The summed E-state index contributed by atoms with van der Waals surface area (Å²) in [6, 6.07) is 0. The molecule has 0 amide bonds. The summed E-state index contributed by atoms with van der Waals surface area (Å²) in [7, 11) is 0. The van der Waals surface area contributed by atoms with E-state index in [1.54, 1.807) is 13.8 Å². The molecule has 3 heteroatoms. The molecule has 1 aliphatic carbocycles. The molecule has 0 aliphatic heterocycles. The van der Waals surface area contributed by atoms with E-state index in [2.05, 4.69) is 11.8 Å². The third-order valence-electron chi connectivity index (χ3n) is 2.24. The maximum Gasteiger partial charge on any atom is 0.125 e. The average Bonchev–Trinajstić information content (AvgIpc) is 2.27. The average molecular weight is 221 g/mol. The second-order valence-corrected chi connectivity index (χ2v) is 5.96. The first-order valence-electron chi connectivity index (χ1n) is 4.27. The molecule has 1 aliphatic rings. The highest BCUT2D eigenvalue weighted by Gasteiger charge is 2.62. The standard InChI is InChI=1S/C10H14Cl2O/c1-8(2,13)5-4-6-9(3)7-10(9,11)12/h13H,6-7H2,1-3H3/t9-/m0/s1. The lowest BCUT2D eigenvalue weighted by Crippen LogP contribution is -2.15. The van der Waals surface area contributed by atoms with Crippen molar-refractivity contribution in [2.75, 3.05) is 0 Å². The first-order chi connectivity index (χ1) is 5.66. The molecule has 1 nitrogen and oxygen atoms in total. The molecule has 0 bridgehead atoms. The predicted molar refractivity (Wildman–Crippen MR) is 55.9 cm³/mol. The quantitative estimate of drug-likeness (QED) is 0.533. The van der Waals surface area contributed by atoms with E-state index < -0.39 is 9.93 Å². The van der Waals surface area contributed by atoms with E-state index in [1.165, 1.54) is 0 Å². The second kappa shape index (κ2) is 3.05. The summed E-state index contributed by atoms with van der Waals surface area (Å²) in [5.41, 5.74) is -1.01. The van der Waals surface area contributed by atoms with Crippen LogP contribution in [0.3, 0.4) is 0 Å². The van der Waals surface area contributed by atoms with Gasteiger partial charge in [-0.15, -0.1) is 23.2 Å². The van der Waals surface area contributed by atoms with Crippen molar-refractivity contribution in [3.8, 4) is 11.8 Å². The summed E-state index contributed by atoms with van der Waals surface area (Å²) in [5.74, 6) is 5.66. The van der Waals surface area contributed by atoms with Crippen LogP contribution in [0.15, 0.2) is 0 Å². The van der Waals surface area contributed by atoms with Crippen molar-refractivity contribution in [1.29, 1.82) is 0 Å². The SMILES string of the molecule is CC(C)(O)C#CC[C@@]1(C)CC1(Cl)Cl. The minimum absolute atomic E-state index is 0.0889. The van der Waals surface area contributed by atoms with Crippen molar-refractivity contribution in [2.24, 2.45) is 5.41 Å². The van der Waals surface area contributed by atoms with Crippen molar-refractivity contribution in [3.05, 3.63) is 0 Å². The zero-order valence-corrected chi connectivity index (χ0v) is 9.63. The van der Waals surface area contributed by atoms with Crippen LogP contribution in [0.5, 0.6) is 0 Å². The molecular weight excluding hydrogens is 207 g/mol. The Hall–Kier alpha value is 0.100. The molecule has 1 rings (SSSR count). The van der Waals surface area contributed by atoms with Crippen LogP contribution in [0.25, 0.3) is 0 Å². The van der Waals surface area contributed by atoms with Crippen LogP contribution in [-0.2, 0) is 0 Å². The van der Waals surface area contributed by atoms with Gasteiger partial charge < -0.3 is 5.11 Å². The lowest BCUT2D eigenvalue weighted by molar-refractivity contribution is 0.143. The molecule has 0 unspecified atom stereocenters. The number of rotatable bonds is 1. The summed E-state index contributed by atoms with van der Waals surface area (Å²) in [4.78, 5) is 0. The zero-order chi connectivity index (χ0) is 10.3. The summed E-state index contributed by atoms with van der Waals surface area (Å²) >= 11 is 11.9.